The molecule has 0 heterocycles. The Morgan fingerprint density at radius 1 is 0.714 bits per heavy atom. The summed E-state index contributed by atoms with van der Waals surface area (Å²) in [5, 5.41) is 0. The Balaban J connectivity index is 3.01. The standard InChI is InChI=1S/C18H35IO2/c1-2-20-18-21-17-15-13-11-9-7-5-3-4-6-8-10-12-14-16-19/h11,13H,2-10,12,14-18H2,1H3. The van der Waals surface area contributed by atoms with Crippen LogP contribution in [0.3, 0.4) is 0 Å². The summed E-state index contributed by atoms with van der Waals surface area (Å²) in [5.74, 6) is 0. The summed E-state index contributed by atoms with van der Waals surface area (Å²) in [6, 6.07) is 0. The Morgan fingerprint density at radius 2 is 1.29 bits per heavy atom. The molecule has 126 valence electrons. The molecule has 0 aliphatic heterocycles. The third kappa shape index (κ3) is 20.4. The van der Waals surface area contributed by atoms with E-state index in [9.17, 15) is 0 Å². The molecule has 0 saturated heterocycles. The maximum atomic E-state index is 5.31. The molecule has 0 aliphatic carbocycles. The minimum atomic E-state index is 0.433. The normalized spacial score (nSPS) is 11.5. The topological polar surface area (TPSA) is 18.5 Å². The zero-order valence-electron chi connectivity index (χ0n) is 14.0. The second-order valence-electron chi connectivity index (χ2n) is 5.44. The van der Waals surface area contributed by atoms with E-state index >= 15 is 0 Å². The quantitative estimate of drug-likeness (QED) is 0.0924. The van der Waals surface area contributed by atoms with Crippen molar-refractivity contribution in [2.24, 2.45) is 0 Å². The van der Waals surface area contributed by atoms with Crippen LogP contribution < -0.4 is 0 Å². The average molecular weight is 410 g/mol. The molecule has 3 heteroatoms. The summed E-state index contributed by atoms with van der Waals surface area (Å²) < 4.78 is 11.7. The van der Waals surface area contributed by atoms with E-state index in [0.717, 1.165) is 19.6 Å². The lowest BCUT2D eigenvalue weighted by Crippen LogP contribution is -1.99. The molecule has 0 aromatic heterocycles. The van der Waals surface area contributed by atoms with E-state index in [1.54, 1.807) is 0 Å². The van der Waals surface area contributed by atoms with E-state index in [-0.39, 0.29) is 0 Å². The van der Waals surface area contributed by atoms with Crippen LogP contribution in [0.2, 0.25) is 0 Å². The molecular weight excluding hydrogens is 375 g/mol. The van der Waals surface area contributed by atoms with Crippen LogP contribution in [0.5, 0.6) is 0 Å². The van der Waals surface area contributed by atoms with Crippen molar-refractivity contribution in [1.29, 1.82) is 0 Å². The highest BCUT2D eigenvalue weighted by atomic mass is 127. The van der Waals surface area contributed by atoms with Gasteiger partial charge in [-0.15, -0.1) is 0 Å². The van der Waals surface area contributed by atoms with E-state index in [4.69, 9.17) is 9.47 Å². The lowest BCUT2D eigenvalue weighted by Gasteiger charge is -2.01. The van der Waals surface area contributed by atoms with Crippen molar-refractivity contribution in [3.63, 3.8) is 0 Å². The largest absolute Gasteiger partial charge is 0.356 e. The zero-order chi connectivity index (χ0) is 15.4. The third-order valence-corrected chi connectivity index (χ3v) is 4.23. The van der Waals surface area contributed by atoms with Gasteiger partial charge in [-0.2, -0.15) is 0 Å². The SMILES string of the molecule is CCOCOCCC=CCCCCCCCCCCCI. The van der Waals surface area contributed by atoms with Gasteiger partial charge in [0.25, 0.3) is 0 Å². The number of hydrogen-bond acceptors (Lipinski definition) is 2. The first-order chi connectivity index (χ1) is 10.4. The summed E-state index contributed by atoms with van der Waals surface area (Å²) in [5.41, 5.74) is 0. The molecule has 2 nitrogen and oxygen atoms in total. The number of ether oxygens (including phenoxy) is 2. The van der Waals surface area contributed by atoms with Crippen LogP contribution >= 0.6 is 22.6 Å². The van der Waals surface area contributed by atoms with Crippen LogP contribution in [-0.2, 0) is 9.47 Å². The zero-order valence-corrected chi connectivity index (χ0v) is 16.1. The van der Waals surface area contributed by atoms with Gasteiger partial charge in [0.15, 0.2) is 0 Å². The highest BCUT2D eigenvalue weighted by Gasteiger charge is 1.92. The Kier molecular flexibility index (Phi) is 20.8. The summed E-state index contributed by atoms with van der Waals surface area (Å²) >= 11 is 2.47. The molecule has 0 aromatic carbocycles. The second kappa shape index (κ2) is 20.4. The fourth-order valence-corrected chi connectivity index (χ4v) is 2.72. The van der Waals surface area contributed by atoms with Gasteiger partial charge < -0.3 is 9.47 Å². The fourth-order valence-electron chi connectivity index (χ4n) is 2.18. The van der Waals surface area contributed by atoms with Crippen LogP contribution in [0.15, 0.2) is 12.2 Å². The molecule has 21 heavy (non-hydrogen) atoms. The molecule has 0 rings (SSSR count). The van der Waals surface area contributed by atoms with Gasteiger partial charge in [0, 0.05) is 6.61 Å². The maximum absolute atomic E-state index is 5.31. The van der Waals surface area contributed by atoms with Crippen molar-refractivity contribution in [2.75, 3.05) is 24.4 Å². The Morgan fingerprint density at radius 3 is 1.90 bits per heavy atom. The van der Waals surface area contributed by atoms with Gasteiger partial charge in [-0.25, -0.2) is 0 Å². The van der Waals surface area contributed by atoms with Crippen LogP contribution in [0.4, 0.5) is 0 Å². The minimum Gasteiger partial charge on any atom is -0.356 e. The fraction of sp³-hybridized carbons (Fsp3) is 0.889. The summed E-state index contributed by atoms with van der Waals surface area (Å²) in [6.45, 7) is 3.92. The van der Waals surface area contributed by atoms with E-state index in [1.807, 2.05) is 6.92 Å². The first kappa shape index (κ1) is 21.4. The van der Waals surface area contributed by atoms with Gasteiger partial charge in [0.2, 0.25) is 0 Å². The summed E-state index contributed by atoms with van der Waals surface area (Å²) in [6.07, 6.45) is 19.5. The lowest BCUT2D eigenvalue weighted by atomic mass is 10.1. The molecule has 0 N–H and O–H groups in total. The van der Waals surface area contributed by atoms with Gasteiger partial charge in [-0.3, -0.25) is 0 Å². The van der Waals surface area contributed by atoms with Gasteiger partial charge in [-0.1, -0.05) is 79.7 Å². The molecule has 0 radical (unpaired) electrons. The molecule has 0 aliphatic rings. The van der Waals surface area contributed by atoms with Gasteiger partial charge in [-0.05, 0) is 37.0 Å². The Labute approximate surface area is 146 Å². The minimum absolute atomic E-state index is 0.433. The maximum Gasteiger partial charge on any atom is 0.146 e. The van der Waals surface area contributed by atoms with E-state index in [1.165, 1.54) is 68.6 Å². The van der Waals surface area contributed by atoms with Crippen LogP contribution in [0.1, 0.15) is 77.6 Å². The van der Waals surface area contributed by atoms with Crippen molar-refractivity contribution in [2.45, 2.75) is 77.6 Å². The van der Waals surface area contributed by atoms with Crippen molar-refractivity contribution in [3.8, 4) is 0 Å². The molecule has 0 saturated carbocycles. The number of alkyl halides is 1. The first-order valence-corrected chi connectivity index (χ1v) is 10.3. The number of unbranched alkanes of at least 4 members (excludes halogenated alkanes) is 9. The number of halogens is 1. The summed E-state index contributed by atoms with van der Waals surface area (Å²) in [7, 11) is 0. The predicted molar refractivity (Wildman–Crippen MR) is 101 cm³/mol. The van der Waals surface area contributed by atoms with Gasteiger partial charge in [0.1, 0.15) is 6.79 Å². The van der Waals surface area contributed by atoms with Crippen molar-refractivity contribution in [1.82, 2.24) is 0 Å². The molecule has 0 amide bonds. The smallest absolute Gasteiger partial charge is 0.146 e. The van der Waals surface area contributed by atoms with E-state index in [2.05, 4.69) is 34.7 Å². The highest BCUT2D eigenvalue weighted by molar-refractivity contribution is 14.1. The molecular formula is C18H35IO2. The number of allylic oxidation sites excluding steroid dienone is 1. The Bertz CT molecular complexity index is 207. The average Bonchev–Trinajstić information content (AvgIpc) is 2.50. The molecule has 0 aromatic rings. The third-order valence-electron chi connectivity index (χ3n) is 3.47. The number of rotatable bonds is 17. The van der Waals surface area contributed by atoms with Crippen molar-refractivity contribution in [3.05, 3.63) is 12.2 Å². The molecule has 0 spiro atoms. The summed E-state index contributed by atoms with van der Waals surface area (Å²) in [4.78, 5) is 0. The second-order valence-corrected chi connectivity index (χ2v) is 6.52. The highest BCUT2D eigenvalue weighted by Crippen LogP contribution is 2.11. The molecule has 0 unspecified atom stereocenters. The van der Waals surface area contributed by atoms with Crippen LogP contribution in [-0.4, -0.2) is 24.4 Å². The first-order valence-electron chi connectivity index (χ1n) is 8.78. The monoisotopic (exact) mass is 410 g/mol. The molecule has 0 atom stereocenters. The van der Waals surface area contributed by atoms with Gasteiger partial charge >= 0.3 is 0 Å². The molecule has 0 fully saturated rings. The molecule has 0 bridgehead atoms. The number of hydrogen-bond donors (Lipinski definition) is 0. The van der Waals surface area contributed by atoms with Crippen molar-refractivity contribution >= 4 is 22.6 Å². The van der Waals surface area contributed by atoms with Crippen LogP contribution in [0, 0.1) is 0 Å². The predicted octanol–water partition coefficient (Wildman–Crippen LogP) is 6.28. The Hall–Kier alpha value is 0.390. The lowest BCUT2D eigenvalue weighted by molar-refractivity contribution is -0.0476. The van der Waals surface area contributed by atoms with Crippen LogP contribution in [0.25, 0.3) is 0 Å². The van der Waals surface area contributed by atoms with E-state index < -0.39 is 0 Å². The van der Waals surface area contributed by atoms with Crippen molar-refractivity contribution < 1.29 is 9.47 Å². The van der Waals surface area contributed by atoms with E-state index in [0.29, 0.717) is 6.79 Å². The van der Waals surface area contributed by atoms with Gasteiger partial charge in [0.05, 0.1) is 6.61 Å².